The fourth-order valence-corrected chi connectivity index (χ4v) is 2.08. The largest absolute Gasteiger partial charge is 0.451 e. The number of fused-ring (bicyclic) bond motifs is 1. The molecule has 0 saturated heterocycles. The van der Waals surface area contributed by atoms with E-state index in [0.717, 1.165) is 10.8 Å². The van der Waals surface area contributed by atoms with Crippen LogP contribution in [-0.2, 0) is 6.18 Å². The Labute approximate surface area is 117 Å². The van der Waals surface area contributed by atoms with Crippen LogP contribution in [0.3, 0.4) is 0 Å². The number of pyridine rings is 1. The third-order valence-electron chi connectivity index (χ3n) is 2.96. The van der Waals surface area contributed by atoms with Gasteiger partial charge in [-0.2, -0.15) is 13.2 Å². The summed E-state index contributed by atoms with van der Waals surface area (Å²) in [7, 11) is 0. The Kier molecular flexibility index (Phi) is 2.97. The Bertz CT molecular complexity index is 809. The van der Waals surface area contributed by atoms with Gasteiger partial charge in [-0.05, 0) is 11.5 Å². The summed E-state index contributed by atoms with van der Waals surface area (Å²) in [6, 6.07) is 8.27. The molecule has 7 heteroatoms. The number of nitrogens with zero attached hydrogens (tertiary/aromatic N) is 3. The molecular formula is C14H9F3N4. The predicted octanol–water partition coefficient (Wildman–Crippen LogP) is 3.29. The molecule has 0 aliphatic rings. The second-order valence-corrected chi connectivity index (χ2v) is 4.40. The lowest BCUT2D eigenvalue weighted by Gasteiger charge is -2.10. The van der Waals surface area contributed by atoms with Crippen LogP contribution >= 0.6 is 0 Å². The highest BCUT2D eigenvalue weighted by atomic mass is 19.4. The quantitative estimate of drug-likeness (QED) is 0.747. The molecule has 0 saturated carbocycles. The maximum atomic E-state index is 12.8. The molecule has 2 aromatic heterocycles. The lowest BCUT2D eigenvalue weighted by Crippen LogP contribution is -2.13. The minimum atomic E-state index is -4.64. The number of nitrogen functional groups attached to an aromatic ring is 1. The normalized spacial score (nSPS) is 11.8. The van der Waals surface area contributed by atoms with E-state index in [1.54, 1.807) is 30.6 Å². The van der Waals surface area contributed by atoms with Gasteiger partial charge in [0.25, 0.3) is 0 Å². The molecule has 106 valence electrons. The molecule has 1 aromatic carbocycles. The third-order valence-corrected chi connectivity index (χ3v) is 2.96. The molecule has 0 aliphatic carbocycles. The topological polar surface area (TPSA) is 64.7 Å². The number of anilines is 1. The molecule has 0 aliphatic heterocycles. The van der Waals surface area contributed by atoms with Gasteiger partial charge in [-0.1, -0.05) is 18.2 Å². The van der Waals surface area contributed by atoms with Gasteiger partial charge in [0, 0.05) is 29.4 Å². The smallest absolute Gasteiger partial charge is 0.384 e. The van der Waals surface area contributed by atoms with E-state index in [4.69, 9.17) is 5.73 Å². The number of hydrogen-bond donors (Lipinski definition) is 1. The van der Waals surface area contributed by atoms with Gasteiger partial charge in [0.2, 0.25) is 5.82 Å². The third kappa shape index (κ3) is 2.49. The number of rotatable bonds is 1. The molecule has 0 fully saturated rings. The van der Waals surface area contributed by atoms with Crippen LogP contribution < -0.4 is 5.73 Å². The van der Waals surface area contributed by atoms with Crippen molar-refractivity contribution in [1.82, 2.24) is 15.0 Å². The van der Waals surface area contributed by atoms with Gasteiger partial charge in [0.15, 0.2) is 0 Å². The van der Waals surface area contributed by atoms with E-state index in [2.05, 4.69) is 15.0 Å². The monoisotopic (exact) mass is 290 g/mol. The van der Waals surface area contributed by atoms with Gasteiger partial charge < -0.3 is 5.73 Å². The van der Waals surface area contributed by atoms with Crippen molar-refractivity contribution in [2.75, 3.05) is 5.73 Å². The summed E-state index contributed by atoms with van der Waals surface area (Å²) in [5.41, 5.74) is 6.16. The Balaban J connectivity index is 2.26. The van der Waals surface area contributed by atoms with E-state index in [1.807, 2.05) is 6.07 Å². The molecule has 3 rings (SSSR count). The van der Waals surface area contributed by atoms with Gasteiger partial charge in [-0.25, -0.2) is 9.97 Å². The molecule has 4 nitrogen and oxygen atoms in total. The van der Waals surface area contributed by atoms with Gasteiger partial charge in [0.1, 0.15) is 5.82 Å². The fourth-order valence-electron chi connectivity index (χ4n) is 2.08. The van der Waals surface area contributed by atoms with Crippen LogP contribution in [0.1, 0.15) is 5.82 Å². The molecule has 0 bridgehead atoms. The zero-order chi connectivity index (χ0) is 15.0. The molecule has 0 radical (unpaired) electrons. The van der Waals surface area contributed by atoms with E-state index in [9.17, 15) is 13.2 Å². The van der Waals surface area contributed by atoms with E-state index in [0.29, 0.717) is 5.56 Å². The van der Waals surface area contributed by atoms with Crippen molar-refractivity contribution >= 4 is 16.6 Å². The van der Waals surface area contributed by atoms with Crippen LogP contribution in [0.15, 0.2) is 42.7 Å². The van der Waals surface area contributed by atoms with Crippen molar-refractivity contribution in [3.63, 3.8) is 0 Å². The van der Waals surface area contributed by atoms with Crippen LogP contribution in [0.5, 0.6) is 0 Å². The van der Waals surface area contributed by atoms with Gasteiger partial charge in [0.05, 0.1) is 5.69 Å². The summed E-state index contributed by atoms with van der Waals surface area (Å²) in [6.45, 7) is 0. The Morgan fingerprint density at radius 3 is 2.62 bits per heavy atom. The summed E-state index contributed by atoms with van der Waals surface area (Å²) in [6.07, 6.45) is -1.44. The van der Waals surface area contributed by atoms with Gasteiger partial charge in [-0.3, -0.25) is 4.98 Å². The van der Waals surface area contributed by atoms with Crippen molar-refractivity contribution in [2.45, 2.75) is 6.18 Å². The SMILES string of the molecule is Nc1cc(-c2cccc3cnccc23)nc(C(F)(F)F)n1. The highest BCUT2D eigenvalue weighted by molar-refractivity contribution is 5.95. The number of benzene rings is 1. The standard InChI is InChI=1S/C14H9F3N4/c15-14(16,17)13-20-11(6-12(18)21-13)10-3-1-2-8-7-19-5-4-9(8)10/h1-7H,(H2,18,20,21). The number of halogens is 3. The summed E-state index contributed by atoms with van der Waals surface area (Å²) in [5.74, 6) is -1.47. The molecule has 3 aromatic rings. The molecule has 0 unspecified atom stereocenters. The first-order chi connectivity index (χ1) is 9.95. The van der Waals surface area contributed by atoms with Crippen molar-refractivity contribution in [1.29, 1.82) is 0 Å². The van der Waals surface area contributed by atoms with Crippen molar-refractivity contribution in [3.05, 3.63) is 48.5 Å². The van der Waals surface area contributed by atoms with Crippen LogP contribution in [0, 0.1) is 0 Å². The van der Waals surface area contributed by atoms with Crippen molar-refractivity contribution < 1.29 is 13.2 Å². The molecule has 21 heavy (non-hydrogen) atoms. The molecule has 0 spiro atoms. The Hall–Kier alpha value is -2.70. The number of nitrogens with two attached hydrogens (primary N) is 1. The molecule has 0 amide bonds. The van der Waals surface area contributed by atoms with E-state index >= 15 is 0 Å². The first-order valence-electron chi connectivity index (χ1n) is 6.00. The lowest BCUT2D eigenvalue weighted by atomic mass is 10.0. The van der Waals surface area contributed by atoms with Crippen molar-refractivity contribution in [2.24, 2.45) is 0 Å². The lowest BCUT2D eigenvalue weighted by molar-refractivity contribution is -0.144. The predicted molar refractivity (Wildman–Crippen MR) is 72.2 cm³/mol. The van der Waals surface area contributed by atoms with E-state index in [-0.39, 0.29) is 11.5 Å². The zero-order valence-electron chi connectivity index (χ0n) is 10.6. The molecule has 2 N–H and O–H groups in total. The second kappa shape index (κ2) is 4.69. The second-order valence-electron chi connectivity index (χ2n) is 4.40. The summed E-state index contributed by atoms with van der Waals surface area (Å²) < 4.78 is 38.4. The Morgan fingerprint density at radius 2 is 1.86 bits per heavy atom. The summed E-state index contributed by atoms with van der Waals surface area (Å²) in [5, 5.41) is 1.56. The van der Waals surface area contributed by atoms with Gasteiger partial charge in [-0.15, -0.1) is 0 Å². The average molecular weight is 290 g/mol. The summed E-state index contributed by atoms with van der Waals surface area (Å²) >= 11 is 0. The van der Waals surface area contributed by atoms with Crippen LogP contribution in [-0.4, -0.2) is 15.0 Å². The molecule has 2 heterocycles. The highest BCUT2D eigenvalue weighted by Crippen LogP contribution is 2.31. The maximum Gasteiger partial charge on any atom is 0.451 e. The van der Waals surface area contributed by atoms with Crippen LogP contribution in [0.25, 0.3) is 22.0 Å². The van der Waals surface area contributed by atoms with Crippen molar-refractivity contribution in [3.8, 4) is 11.3 Å². The van der Waals surface area contributed by atoms with Crippen LogP contribution in [0.2, 0.25) is 0 Å². The number of hydrogen-bond acceptors (Lipinski definition) is 4. The first kappa shape index (κ1) is 13.3. The van der Waals surface area contributed by atoms with Gasteiger partial charge >= 0.3 is 6.18 Å². The number of alkyl halides is 3. The molecule has 0 atom stereocenters. The average Bonchev–Trinajstić information content (AvgIpc) is 2.45. The minimum absolute atomic E-state index is 0.131. The highest BCUT2D eigenvalue weighted by Gasteiger charge is 2.35. The van der Waals surface area contributed by atoms with E-state index < -0.39 is 12.0 Å². The fraction of sp³-hybridized carbons (Fsp3) is 0.0714. The maximum absolute atomic E-state index is 12.8. The number of aromatic nitrogens is 3. The zero-order valence-corrected chi connectivity index (χ0v) is 10.6. The molecular weight excluding hydrogens is 281 g/mol. The summed E-state index contributed by atoms with van der Waals surface area (Å²) in [4.78, 5) is 10.8. The first-order valence-corrected chi connectivity index (χ1v) is 6.00. The van der Waals surface area contributed by atoms with E-state index in [1.165, 1.54) is 6.07 Å². The van der Waals surface area contributed by atoms with Crippen LogP contribution in [0.4, 0.5) is 19.0 Å². The Morgan fingerprint density at radius 1 is 1.05 bits per heavy atom. The minimum Gasteiger partial charge on any atom is -0.384 e.